The van der Waals surface area contributed by atoms with Crippen LogP contribution in [0.2, 0.25) is 0 Å². The molecule has 2 N–H and O–H groups in total. The molecule has 2 aliphatic heterocycles. The smallest absolute Gasteiger partial charge is 0.151 e. The summed E-state index contributed by atoms with van der Waals surface area (Å²) in [6, 6.07) is 0.209. The first kappa shape index (κ1) is 14.6. The van der Waals surface area contributed by atoms with Crippen LogP contribution in [0, 0.1) is 0 Å². The number of thioether (sulfide) groups is 1. The molecule has 0 radical (unpaired) electrons. The van der Waals surface area contributed by atoms with E-state index in [2.05, 4.69) is 11.2 Å². The molecule has 2 saturated heterocycles. The summed E-state index contributed by atoms with van der Waals surface area (Å²) < 4.78 is 22.9. The second kappa shape index (κ2) is 5.26. The number of likely N-dealkylation sites (tertiary alicyclic amines) is 1. The van der Waals surface area contributed by atoms with E-state index in [1.54, 1.807) is 11.8 Å². The molecule has 0 saturated carbocycles. The molecular formula is C11H20N2O2S3. The van der Waals surface area contributed by atoms with E-state index in [1.807, 2.05) is 0 Å². The van der Waals surface area contributed by atoms with E-state index in [9.17, 15) is 8.42 Å². The minimum absolute atomic E-state index is 0.0800. The summed E-state index contributed by atoms with van der Waals surface area (Å²) in [7, 11) is -2.79. The summed E-state index contributed by atoms with van der Waals surface area (Å²) in [6.45, 7) is 1.80. The Labute approximate surface area is 119 Å². The highest BCUT2D eigenvalue weighted by molar-refractivity contribution is 8.02. The first-order chi connectivity index (χ1) is 8.38. The maximum Gasteiger partial charge on any atom is 0.151 e. The molecule has 0 aromatic carbocycles. The molecule has 18 heavy (non-hydrogen) atoms. The number of hydrogen-bond acceptors (Lipinski definition) is 5. The van der Waals surface area contributed by atoms with Crippen molar-refractivity contribution in [1.29, 1.82) is 0 Å². The Balaban J connectivity index is 1.97. The van der Waals surface area contributed by atoms with Crippen LogP contribution in [0.3, 0.4) is 0 Å². The fourth-order valence-electron chi connectivity index (χ4n) is 2.86. The van der Waals surface area contributed by atoms with Gasteiger partial charge >= 0.3 is 0 Å². The first-order valence-electron chi connectivity index (χ1n) is 6.18. The van der Waals surface area contributed by atoms with Crippen molar-refractivity contribution in [2.24, 2.45) is 5.73 Å². The summed E-state index contributed by atoms with van der Waals surface area (Å²) in [5.41, 5.74) is 5.85. The van der Waals surface area contributed by atoms with Gasteiger partial charge in [-0.05, 0) is 25.5 Å². The lowest BCUT2D eigenvalue weighted by Crippen LogP contribution is -2.52. The fraction of sp³-hybridized carbons (Fsp3) is 0.909. The Hall–Kier alpha value is 0.150. The number of piperidine rings is 1. The average Bonchev–Trinajstić information content (AvgIpc) is 2.69. The van der Waals surface area contributed by atoms with Crippen LogP contribution in [0.25, 0.3) is 0 Å². The van der Waals surface area contributed by atoms with Gasteiger partial charge in [0.25, 0.3) is 0 Å². The Morgan fingerprint density at radius 1 is 1.44 bits per heavy atom. The Morgan fingerprint density at radius 2 is 2.06 bits per heavy atom. The van der Waals surface area contributed by atoms with Gasteiger partial charge in [-0.1, -0.05) is 12.2 Å². The molecule has 1 atom stereocenters. The fourth-order valence-corrected chi connectivity index (χ4v) is 5.87. The number of sulfone groups is 1. The third-order valence-corrected chi connectivity index (χ3v) is 7.85. The third-order valence-electron chi connectivity index (χ3n) is 4.17. The molecule has 7 heteroatoms. The second-order valence-electron chi connectivity index (χ2n) is 5.16. The van der Waals surface area contributed by atoms with Gasteiger partial charge in [-0.25, -0.2) is 8.42 Å². The van der Waals surface area contributed by atoms with E-state index < -0.39 is 9.84 Å². The van der Waals surface area contributed by atoms with Crippen molar-refractivity contribution in [3.8, 4) is 0 Å². The van der Waals surface area contributed by atoms with E-state index in [-0.39, 0.29) is 10.8 Å². The summed E-state index contributed by atoms with van der Waals surface area (Å²) in [4.78, 5) is 2.89. The van der Waals surface area contributed by atoms with Gasteiger partial charge < -0.3 is 5.73 Å². The van der Waals surface area contributed by atoms with Gasteiger partial charge in [-0.2, -0.15) is 11.8 Å². The lowest BCUT2D eigenvalue weighted by molar-refractivity contribution is 0.171. The van der Waals surface area contributed by atoms with Gasteiger partial charge in [0.2, 0.25) is 0 Å². The molecule has 4 nitrogen and oxygen atoms in total. The summed E-state index contributed by atoms with van der Waals surface area (Å²) >= 11 is 6.91. The third kappa shape index (κ3) is 2.84. The van der Waals surface area contributed by atoms with Crippen molar-refractivity contribution in [1.82, 2.24) is 4.90 Å². The van der Waals surface area contributed by atoms with Crippen molar-refractivity contribution in [2.75, 3.05) is 30.9 Å². The van der Waals surface area contributed by atoms with Crippen molar-refractivity contribution in [3.05, 3.63) is 0 Å². The zero-order valence-corrected chi connectivity index (χ0v) is 13.0. The summed E-state index contributed by atoms with van der Waals surface area (Å²) in [6.07, 6.45) is 4.69. The molecule has 2 heterocycles. The van der Waals surface area contributed by atoms with E-state index in [0.717, 1.165) is 32.4 Å². The zero-order chi connectivity index (χ0) is 13.4. The second-order valence-corrected chi connectivity index (χ2v) is 9.01. The van der Waals surface area contributed by atoms with Crippen LogP contribution in [0.5, 0.6) is 0 Å². The standard InChI is InChI=1S/C11H20N2O2S3/c1-17-11(10(12)16)3-5-13(6-4-11)9-2-7-18(14,15)8-9/h9H,2-8H2,1H3,(H2,12,16). The van der Waals surface area contributed by atoms with Crippen molar-refractivity contribution in [3.63, 3.8) is 0 Å². The SMILES string of the molecule is CSC1(C(N)=S)CCN(C2CCS(=O)(=O)C2)CC1. The van der Waals surface area contributed by atoms with Crippen LogP contribution in [0.4, 0.5) is 0 Å². The summed E-state index contributed by atoms with van der Waals surface area (Å²) in [5, 5.41) is 0. The average molecular weight is 308 g/mol. The molecule has 2 aliphatic rings. The maximum atomic E-state index is 11.5. The van der Waals surface area contributed by atoms with Crippen molar-refractivity contribution in [2.45, 2.75) is 30.1 Å². The molecule has 0 aromatic heterocycles. The first-order valence-corrected chi connectivity index (χ1v) is 9.63. The van der Waals surface area contributed by atoms with E-state index in [4.69, 9.17) is 18.0 Å². The van der Waals surface area contributed by atoms with Gasteiger partial charge in [0, 0.05) is 19.1 Å². The van der Waals surface area contributed by atoms with Crippen LogP contribution in [0.15, 0.2) is 0 Å². The Morgan fingerprint density at radius 3 is 2.44 bits per heavy atom. The predicted molar refractivity (Wildman–Crippen MR) is 80.9 cm³/mol. The number of nitrogens with zero attached hydrogens (tertiary/aromatic N) is 1. The minimum Gasteiger partial charge on any atom is -0.392 e. The van der Waals surface area contributed by atoms with Gasteiger partial charge in [0.05, 0.1) is 21.2 Å². The van der Waals surface area contributed by atoms with Gasteiger partial charge in [-0.3, -0.25) is 4.90 Å². The van der Waals surface area contributed by atoms with E-state index in [1.165, 1.54) is 0 Å². The highest BCUT2D eigenvalue weighted by atomic mass is 32.2. The van der Waals surface area contributed by atoms with Gasteiger partial charge in [0.1, 0.15) is 0 Å². The van der Waals surface area contributed by atoms with Crippen LogP contribution in [-0.2, 0) is 9.84 Å². The monoisotopic (exact) mass is 308 g/mol. The van der Waals surface area contributed by atoms with Crippen LogP contribution >= 0.6 is 24.0 Å². The predicted octanol–water partition coefficient (Wildman–Crippen LogP) is 0.657. The van der Waals surface area contributed by atoms with Crippen LogP contribution in [0.1, 0.15) is 19.3 Å². The minimum atomic E-state index is -2.79. The molecule has 2 rings (SSSR count). The molecule has 1 unspecified atom stereocenters. The Kier molecular flexibility index (Phi) is 4.26. The lowest BCUT2D eigenvalue weighted by Gasteiger charge is -2.42. The van der Waals surface area contributed by atoms with Crippen LogP contribution < -0.4 is 5.73 Å². The molecule has 2 fully saturated rings. The van der Waals surface area contributed by atoms with Crippen LogP contribution in [-0.4, -0.2) is 59.9 Å². The molecule has 0 bridgehead atoms. The maximum absolute atomic E-state index is 11.5. The molecule has 0 amide bonds. The van der Waals surface area contributed by atoms with Gasteiger partial charge in [0.15, 0.2) is 9.84 Å². The van der Waals surface area contributed by atoms with Crippen molar-refractivity contribution >= 4 is 38.8 Å². The molecule has 104 valence electrons. The number of thiocarbonyl (C=S) groups is 1. The van der Waals surface area contributed by atoms with E-state index >= 15 is 0 Å². The van der Waals surface area contributed by atoms with Gasteiger partial charge in [-0.15, -0.1) is 0 Å². The quantitative estimate of drug-likeness (QED) is 0.773. The molecular weight excluding hydrogens is 288 g/mol. The molecule has 0 aromatic rings. The number of nitrogens with two attached hydrogens (primary N) is 1. The highest BCUT2D eigenvalue weighted by Crippen LogP contribution is 2.36. The Bertz CT molecular complexity index is 428. The van der Waals surface area contributed by atoms with E-state index in [0.29, 0.717) is 16.5 Å². The highest BCUT2D eigenvalue weighted by Gasteiger charge is 2.40. The van der Waals surface area contributed by atoms with Crippen molar-refractivity contribution < 1.29 is 8.42 Å². The lowest BCUT2D eigenvalue weighted by atomic mass is 9.94. The molecule has 0 aliphatic carbocycles. The normalized spacial score (nSPS) is 31.3. The number of hydrogen-bond donors (Lipinski definition) is 1. The topological polar surface area (TPSA) is 63.4 Å². The molecule has 0 spiro atoms. The summed E-state index contributed by atoms with van der Waals surface area (Å²) in [5.74, 6) is 0.670. The zero-order valence-electron chi connectivity index (χ0n) is 10.6. The largest absolute Gasteiger partial charge is 0.392 e. The number of rotatable bonds is 3.